The molecule has 0 spiro atoms. The Hall–Kier alpha value is -1.47. The molecule has 2 rings (SSSR count). The van der Waals surface area contributed by atoms with E-state index in [1.54, 1.807) is 0 Å². The van der Waals surface area contributed by atoms with Gasteiger partial charge in [0.2, 0.25) is 5.82 Å². The molecule has 1 fully saturated rings. The summed E-state index contributed by atoms with van der Waals surface area (Å²) < 4.78 is 13.9. The first kappa shape index (κ1) is 11.0. The van der Waals surface area contributed by atoms with Crippen LogP contribution in [0.5, 0.6) is 0 Å². The summed E-state index contributed by atoms with van der Waals surface area (Å²) in [6.07, 6.45) is 0.263. The number of aliphatic hydroxyl groups excluding tert-OH is 2. The van der Waals surface area contributed by atoms with Crippen molar-refractivity contribution in [2.75, 3.05) is 6.61 Å². The molecule has 1 aromatic rings. The minimum atomic E-state index is -1.08. The van der Waals surface area contributed by atoms with Crippen LogP contribution in [0.15, 0.2) is 15.8 Å². The van der Waals surface area contributed by atoms with Gasteiger partial charge in [0.15, 0.2) is 0 Å². The summed E-state index contributed by atoms with van der Waals surface area (Å²) in [6, 6.07) is -0.587. The zero-order valence-electron chi connectivity index (χ0n) is 8.26. The number of H-pyrrole nitrogens is 1. The van der Waals surface area contributed by atoms with Gasteiger partial charge in [-0.05, 0) is 6.42 Å². The number of aliphatic hydroxyl groups is 2. The average molecular weight is 230 g/mol. The van der Waals surface area contributed by atoms with E-state index in [-0.39, 0.29) is 12.5 Å². The molecule has 1 aromatic heterocycles. The third kappa shape index (κ3) is 1.57. The number of rotatable bonds is 2. The van der Waals surface area contributed by atoms with E-state index in [0.29, 0.717) is 6.42 Å². The second kappa shape index (κ2) is 3.84. The van der Waals surface area contributed by atoms with Crippen LogP contribution in [0.4, 0.5) is 4.39 Å². The van der Waals surface area contributed by atoms with Crippen molar-refractivity contribution in [1.82, 2.24) is 9.55 Å². The van der Waals surface area contributed by atoms with Crippen LogP contribution in [0.2, 0.25) is 0 Å². The number of hydrogen-bond acceptors (Lipinski definition) is 4. The highest BCUT2D eigenvalue weighted by atomic mass is 19.1. The highest BCUT2D eigenvalue weighted by Gasteiger charge is 2.41. The van der Waals surface area contributed by atoms with E-state index in [0.717, 1.165) is 10.8 Å². The van der Waals surface area contributed by atoms with Crippen LogP contribution in [-0.4, -0.2) is 32.5 Å². The van der Waals surface area contributed by atoms with E-state index in [4.69, 9.17) is 5.11 Å². The molecule has 0 aromatic carbocycles. The van der Waals surface area contributed by atoms with Crippen LogP contribution in [0.3, 0.4) is 0 Å². The first-order valence-electron chi connectivity index (χ1n) is 4.84. The molecule has 1 aliphatic carbocycles. The SMILES string of the molecule is O=c1[nH]c(=O)n([C@@H]2C[C@H](CO)[C@H]2O)cc1F. The normalized spacial score (nSPS) is 28.8. The molecule has 3 atom stereocenters. The quantitative estimate of drug-likeness (QED) is 0.581. The molecular formula is C9H11FN2O4. The number of nitrogens with zero attached hydrogens (tertiary/aromatic N) is 1. The Morgan fingerprint density at radius 2 is 2.25 bits per heavy atom. The van der Waals surface area contributed by atoms with E-state index in [1.807, 2.05) is 4.98 Å². The molecule has 0 bridgehead atoms. The van der Waals surface area contributed by atoms with Gasteiger partial charge in [0.1, 0.15) is 0 Å². The molecule has 6 nitrogen and oxygen atoms in total. The van der Waals surface area contributed by atoms with E-state index in [2.05, 4.69) is 0 Å². The summed E-state index contributed by atoms with van der Waals surface area (Å²) >= 11 is 0. The highest BCUT2D eigenvalue weighted by molar-refractivity contribution is 4.98. The van der Waals surface area contributed by atoms with Gasteiger partial charge >= 0.3 is 5.69 Å². The van der Waals surface area contributed by atoms with Gasteiger partial charge in [-0.1, -0.05) is 0 Å². The minimum absolute atomic E-state index is 0.182. The van der Waals surface area contributed by atoms with Gasteiger partial charge in [0, 0.05) is 12.5 Å². The summed E-state index contributed by atoms with van der Waals surface area (Å²) in [5, 5.41) is 18.4. The Balaban J connectivity index is 2.33. The predicted octanol–water partition coefficient (Wildman–Crippen LogP) is -1.41. The lowest BCUT2D eigenvalue weighted by Crippen LogP contribution is -2.49. The molecule has 0 radical (unpaired) electrons. The van der Waals surface area contributed by atoms with Crippen LogP contribution < -0.4 is 11.2 Å². The third-order valence-electron chi connectivity index (χ3n) is 2.94. The topological polar surface area (TPSA) is 95.3 Å². The van der Waals surface area contributed by atoms with Gasteiger partial charge < -0.3 is 10.2 Å². The maximum atomic E-state index is 13.0. The summed E-state index contributed by atoms with van der Waals surface area (Å²) in [4.78, 5) is 23.9. The van der Waals surface area contributed by atoms with Gasteiger partial charge in [-0.3, -0.25) is 14.3 Å². The Bertz CT molecular complexity index is 509. The fraction of sp³-hybridized carbons (Fsp3) is 0.556. The molecule has 1 aliphatic rings. The second-order valence-corrected chi connectivity index (χ2v) is 3.88. The van der Waals surface area contributed by atoms with Gasteiger partial charge in [-0.25, -0.2) is 4.79 Å². The molecule has 0 saturated heterocycles. The lowest BCUT2D eigenvalue weighted by molar-refractivity contribution is -0.0582. The van der Waals surface area contributed by atoms with Crippen molar-refractivity contribution in [3.63, 3.8) is 0 Å². The summed E-state index contributed by atoms with van der Waals surface area (Å²) in [6.45, 7) is -0.182. The Labute approximate surface area is 89.0 Å². The lowest BCUT2D eigenvalue weighted by Gasteiger charge is -2.40. The van der Waals surface area contributed by atoms with Gasteiger partial charge in [0.25, 0.3) is 5.56 Å². The Kier molecular flexibility index (Phi) is 2.64. The molecular weight excluding hydrogens is 219 g/mol. The number of hydrogen-bond donors (Lipinski definition) is 3. The van der Waals surface area contributed by atoms with Crippen molar-refractivity contribution < 1.29 is 14.6 Å². The first-order chi connectivity index (χ1) is 7.54. The summed E-state index contributed by atoms with van der Waals surface area (Å²) in [5.41, 5.74) is -1.83. The average Bonchev–Trinajstić information content (AvgIpc) is 2.24. The number of nitrogens with one attached hydrogen (secondary N) is 1. The van der Waals surface area contributed by atoms with Crippen molar-refractivity contribution in [2.45, 2.75) is 18.6 Å². The van der Waals surface area contributed by atoms with Crippen molar-refractivity contribution in [3.05, 3.63) is 32.9 Å². The van der Waals surface area contributed by atoms with E-state index < -0.39 is 29.2 Å². The Morgan fingerprint density at radius 1 is 1.56 bits per heavy atom. The van der Waals surface area contributed by atoms with Gasteiger partial charge in [-0.2, -0.15) is 4.39 Å². The molecule has 7 heteroatoms. The predicted molar refractivity (Wildman–Crippen MR) is 51.5 cm³/mol. The lowest BCUT2D eigenvalue weighted by atomic mass is 9.77. The molecule has 0 amide bonds. The maximum absolute atomic E-state index is 13.0. The van der Waals surface area contributed by atoms with E-state index in [1.165, 1.54) is 0 Å². The van der Waals surface area contributed by atoms with Crippen molar-refractivity contribution in [1.29, 1.82) is 0 Å². The number of aromatic amines is 1. The van der Waals surface area contributed by atoms with Gasteiger partial charge in [-0.15, -0.1) is 0 Å². The number of halogens is 1. The maximum Gasteiger partial charge on any atom is 0.328 e. The zero-order chi connectivity index (χ0) is 11.9. The van der Waals surface area contributed by atoms with Crippen LogP contribution in [-0.2, 0) is 0 Å². The van der Waals surface area contributed by atoms with Gasteiger partial charge in [0.05, 0.1) is 18.3 Å². The summed E-state index contributed by atoms with van der Waals surface area (Å²) in [5.74, 6) is -1.37. The van der Waals surface area contributed by atoms with Crippen molar-refractivity contribution in [2.24, 2.45) is 5.92 Å². The fourth-order valence-corrected chi connectivity index (χ4v) is 1.88. The standard InChI is InChI=1S/C9H11FN2O4/c10-5-2-12(9(16)11-8(5)15)6-1-4(3-13)7(6)14/h2,4,6-7,13-14H,1,3H2,(H,11,15,16)/t4-,6-,7-/m1/s1. The molecule has 88 valence electrons. The zero-order valence-corrected chi connectivity index (χ0v) is 8.26. The number of aromatic nitrogens is 2. The minimum Gasteiger partial charge on any atom is -0.396 e. The molecule has 0 unspecified atom stereocenters. The molecule has 1 saturated carbocycles. The van der Waals surface area contributed by atoms with Crippen LogP contribution >= 0.6 is 0 Å². The van der Waals surface area contributed by atoms with E-state index in [9.17, 15) is 19.1 Å². The highest BCUT2D eigenvalue weighted by Crippen LogP contribution is 2.36. The third-order valence-corrected chi connectivity index (χ3v) is 2.94. The van der Waals surface area contributed by atoms with Crippen LogP contribution in [0.25, 0.3) is 0 Å². The molecule has 16 heavy (non-hydrogen) atoms. The molecule has 0 aliphatic heterocycles. The largest absolute Gasteiger partial charge is 0.396 e. The van der Waals surface area contributed by atoms with Crippen molar-refractivity contribution >= 4 is 0 Å². The van der Waals surface area contributed by atoms with Crippen LogP contribution in [0, 0.1) is 11.7 Å². The van der Waals surface area contributed by atoms with Crippen molar-refractivity contribution in [3.8, 4) is 0 Å². The molecule has 1 heterocycles. The fourth-order valence-electron chi connectivity index (χ4n) is 1.88. The smallest absolute Gasteiger partial charge is 0.328 e. The summed E-state index contributed by atoms with van der Waals surface area (Å²) in [7, 11) is 0. The first-order valence-corrected chi connectivity index (χ1v) is 4.84. The van der Waals surface area contributed by atoms with E-state index >= 15 is 0 Å². The Morgan fingerprint density at radius 3 is 2.81 bits per heavy atom. The van der Waals surface area contributed by atoms with Crippen LogP contribution in [0.1, 0.15) is 12.5 Å². The second-order valence-electron chi connectivity index (χ2n) is 3.88. The monoisotopic (exact) mass is 230 g/mol. The molecule has 3 N–H and O–H groups in total.